The molecule has 1 amide bonds. The highest BCUT2D eigenvalue weighted by Crippen LogP contribution is 2.39. The Morgan fingerprint density at radius 2 is 1.76 bits per heavy atom. The van der Waals surface area contributed by atoms with Crippen molar-refractivity contribution < 1.29 is 46.1 Å². The number of rotatable bonds is 3. The molecule has 0 aliphatic carbocycles. The van der Waals surface area contributed by atoms with Gasteiger partial charge in [-0.1, -0.05) is 0 Å². The molecule has 0 saturated carbocycles. The maximum Gasteiger partial charge on any atom is 0.490 e. The lowest BCUT2D eigenvalue weighted by Gasteiger charge is -2.30. The number of H-pyrrole nitrogens is 1. The summed E-state index contributed by atoms with van der Waals surface area (Å²) in [6, 6.07) is 2.95. The maximum atomic E-state index is 14.8. The molecule has 2 N–H and O–H groups in total. The first-order valence-electron chi connectivity index (χ1n) is 9.13. The maximum absolute atomic E-state index is 14.8. The number of alkyl halides is 3. The number of aromatic amines is 1. The molecule has 1 aliphatic heterocycles. The van der Waals surface area contributed by atoms with Gasteiger partial charge in [-0.3, -0.25) is 4.79 Å². The molecule has 0 saturated heterocycles. The summed E-state index contributed by atoms with van der Waals surface area (Å²) in [7, 11) is 2.53. The molecule has 176 valence electrons. The summed E-state index contributed by atoms with van der Waals surface area (Å²) < 4.78 is 71.1. The van der Waals surface area contributed by atoms with Crippen LogP contribution in [0.3, 0.4) is 0 Å². The van der Waals surface area contributed by atoms with E-state index in [0.717, 1.165) is 27.5 Å². The highest BCUT2D eigenvalue weighted by atomic mass is 19.4. The van der Waals surface area contributed by atoms with E-state index in [0.29, 0.717) is 5.65 Å². The number of nitrogens with zero attached hydrogens (tertiary/aromatic N) is 2. The van der Waals surface area contributed by atoms with E-state index in [4.69, 9.17) is 19.4 Å². The van der Waals surface area contributed by atoms with Crippen LogP contribution >= 0.6 is 0 Å². The number of carbonyl (C=O) groups excluding carboxylic acids is 1. The third-order valence-electron chi connectivity index (χ3n) is 4.81. The number of carboxylic acids is 1. The van der Waals surface area contributed by atoms with Gasteiger partial charge in [-0.2, -0.15) is 13.2 Å². The summed E-state index contributed by atoms with van der Waals surface area (Å²) >= 11 is 0. The van der Waals surface area contributed by atoms with Gasteiger partial charge < -0.3 is 24.5 Å². The predicted octanol–water partition coefficient (Wildman–Crippen LogP) is 3.58. The molecule has 0 unspecified atom stereocenters. The van der Waals surface area contributed by atoms with Gasteiger partial charge >= 0.3 is 12.1 Å². The molecule has 4 rings (SSSR count). The topological polar surface area (TPSA) is 105 Å². The first-order chi connectivity index (χ1) is 15.5. The molecule has 1 aliphatic rings. The molecule has 0 bridgehead atoms. The van der Waals surface area contributed by atoms with Crippen molar-refractivity contribution in [2.24, 2.45) is 0 Å². The fourth-order valence-electron chi connectivity index (χ4n) is 3.27. The van der Waals surface area contributed by atoms with Crippen molar-refractivity contribution in [1.29, 1.82) is 0 Å². The van der Waals surface area contributed by atoms with Gasteiger partial charge in [-0.15, -0.1) is 0 Å². The van der Waals surface area contributed by atoms with Crippen LogP contribution in [-0.2, 0) is 22.6 Å². The molecule has 0 spiro atoms. The second-order valence-electron chi connectivity index (χ2n) is 6.72. The third-order valence-corrected chi connectivity index (χ3v) is 4.81. The van der Waals surface area contributed by atoms with Crippen LogP contribution in [0, 0.1) is 11.6 Å². The molecule has 2 aromatic heterocycles. The number of nitrogens with one attached hydrogen (secondary N) is 1. The number of carbonyl (C=O) groups is 2. The zero-order chi connectivity index (χ0) is 24.5. The number of methoxy groups -OCH3 is 2. The van der Waals surface area contributed by atoms with E-state index in [1.165, 1.54) is 14.2 Å². The van der Waals surface area contributed by atoms with Gasteiger partial charge in [0.05, 0.1) is 27.2 Å². The van der Waals surface area contributed by atoms with Crippen molar-refractivity contribution in [2.45, 2.75) is 19.1 Å². The summed E-state index contributed by atoms with van der Waals surface area (Å²) in [6.45, 7) is 0.00640. The van der Waals surface area contributed by atoms with Crippen LogP contribution in [0.2, 0.25) is 0 Å². The molecule has 0 fully saturated rings. The molecular formula is C20H16F5N3O5. The average Bonchev–Trinajstić information content (AvgIpc) is 3.23. The van der Waals surface area contributed by atoms with E-state index in [9.17, 15) is 26.7 Å². The minimum Gasteiger partial charge on any atom is -0.493 e. The Morgan fingerprint density at radius 1 is 1.18 bits per heavy atom. The summed E-state index contributed by atoms with van der Waals surface area (Å²) in [5, 5.41) is 7.96. The standard InChI is InChI=1S/C18H15F2N3O3.C2HF3O2/c1-25-12-6-13(26-2)16(20)17(15(12)19)23-8-9-7-22-18-10(3-4-21-18)11(9)5-14(23)24;3-2(4,5)1(6)7/h3-4,6-7H,5,8H2,1-2H3,(H,21,22);(H,6,7). The van der Waals surface area contributed by atoms with Crippen LogP contribution in [0.1, 0.15) is 11.1 Å². The van der Waals surface area contributed by atoms with E-state index in [2.05, 4.69) is 9.97 Å². The fourth-order valence-corrected chi connectivity index (χ4v) is 3.27. The number of hydrogen-bond acceptors (Lipinski definition) is 5. The Bertz CT molecular complexity index is 1200. The Kier molecular flexibility index (Phi) is 6.42. The molecule has 3 heterocycles. The van der Waals surface area contributed by atoms with Gasteiger partial charge in [0.2, 0.25) is 5.91 Å². The number of fused-ring (bicyclic) bond motifs is 3. The fraction of sp³-hybridized carbons (Fsp3) is 0.250. The predicted molar refractivity (Wildman–Crippen MR) is 104 cm³/mol. The zero-order valence-corrected chi connectivity index (χ0v) is 17.1. The smallest absolute Gasteiger partial charge is 0.490 e. The van der Waals surface area contributed by atoms with Gasteiger partial charge in [0, 0.05) is 23.8 Å². The Morgan fingerprint density at radius 3 is 2.27 bits per heavy atom. The van der Waals surface area contributed by atoms with Crippen molar-refractivity contribution >= 4 is 28.6 Å². The lowest BCUT2D eigenvalue weighted by molar-refractivity contribution is -0.192. The number of halogens is 5. The van der Waals surface area contributed by atoms with Gasteiger partial charge in [-0.25, -0.2) is 18.6 Å². The number of ether oxygens (including phenoxy) is 2. The van der Waals surface area contributed by atoms with Crippen molar-refractivity contribution in [2.75, 3.05) is 19.1 Å². The highest BCUT2D eigenvalue weighted by Gasteiger charge is 2.38. The molecule has 1 aromatic carbocycles. The van der Waals surface area contributed by atoms with E-state index in [-0.39, 0.29) is 24.5 Å². The normalized spacial score (nSPS) is 13.3. The molecule has 8 nitrogen and oxygen atoms in total. The number of hydrogen-bond donors (Lipinski definition) is 2. The van der Waals surface area contributed by atoms with E-state index in [1.54, 1.807) is 12.4 Å². The summed E-state index contributed by atoms with van der Waals surface area (Å²) in [5.74, 6) is -5.46. The van der Waals surface area contributed by atoms with Crippen molar-refractivity contribution in [3.8, 4) is 11.5 Å². The third kappa shape index (κ3) is 4.52. The minimum absolute atomic E-state index is 0.00640. The van der Waals surface area contributed by atoms with Crippen molar-refractivity contribution in [1.82, 2.24) is 9.97 Å². The first kappa shape index (κ1) is 23.8. The largest absolute Gasteiger partial charge is 0.493 e. The van der Waals surface area contributed by atoms with Crippen molar-refractivity contribution in [3.05, 3.63) is 47.3 Å². The number of carboxylic acid groups (broad SMARTS) is 1. The molecule has 13 heteroatoms. The van der Waals surface area contributed by atoms with Crippen LogP contribution in [-0.4, -0.2) is 47.3 Å². The SMILES string of the molecule is COc1cc(OC)c(F)c(N2Cc3cnc4[nH]ccc4c3CC2=O)c1F.O=C(O)C(F)(F)F. The Labute approximate surface area is 182 Å². The van der Waals surface area contributed by atoms with Crippen LogP contribution in [0.15, 0.2) is 24.5 Å². The van der Waals surface area contributed by atoms with Crippen LogP contribution < -0.4 is 14.4 Å². The van der Waals surface area contributed by atoms with Gasteiger partial charge in [0.25, 0.3) is 0 Å². The molecule has 0 atom stereocenters. The van der Waals surface area contributed by atoms with Gasteiger partial charge in [0.15, 0.2) is 23.1 Å². The number of pyridine rings is 1. The van der Waals surface area contributed by atoms with Crippen LogP contribution in [0.5, 0.6) is 11.5 Å². The van der Waals surface area contributed by atoms with Gasteiger partial charge in [-0.05, 0) is 17.2 Å². The number of amides is 1. The molecule has 33 heavy (non-hydrogen) atoms. The second-order valence-corrected chi connectivity index (χ2v) is 6.72. The Balaban J connectivity index is 0.000000383. The summed E-state index contributed by atoms with van der Waals surface area (Å²) in [6.07, 6.45) is -1.72. The highest BCUT2D eigenvalue weighted by molar-refractivity contribution is 6.00. The lowest BCUT2D eigenvalue weighted by atomic mass is 9.97. The van der Waals surface area contributed by atoms with E-state index >= 15 is 0 Å². The number of aromatic nitrogens is 2. The monoisotopic (exact) mass is 473 g/mol. The van der Waals surface area contributed by atoms with Crippen LogP contribution in [0.4, 0.5) is 27.6 Å². The van der Waals surface area contributed by atoms with Gasteiger partial charge in [0.1, 0.15) is 11.3 Å². The van der Waals surface area contributed by atoms with E-state index < -0.39 is 35.4 Å². The number of aliphatic carboxylic acids is 1. The summed E-state index contributed by atoms with van der Waals surface area (Å²) in [4.78, 5) is 29.9. The van der Waals surface area contributed by atoms with Crippen molar-refractivity contribution in [3.63, 3.8) is 0 Å². The first-order valence-corrected chi connectivity index (χ1v) is 9.13. The minimum atomic E-state index is -5.08. The number of anilines is 1. The van der Waals surface area contributed by atoms with E-state index in [1.807, 2.05) is 6.07 Å². The molecular weight excluding hydrogens is 457 g/mol. The molecule has 3 aromatic rings. The quantitative estimate of drug-likeness (QED) is 0.564. The van der Waals surface area contributed by atoms with Crippen LogP contribution in [0.25, 0.3) is 11.0 Å². The second kappa shape index (κ2) is 8.92. The number of benzene rings is 1. The Hall–Kier alpha value is -3.90. The lowest BCUT2D eigenvalue weighted by Crippen LogP contribution is -2.37. The average molecular weight is 473 g/mol. The zero-order valence-electron chi connectivity index (χ0n) is 17.1. The summed E-state index contributed by atoms with van der Waals surface area (Å²) in [5.41, 5.74) is 1.74. The molecule has 0 radical (unpaired) electrons.